The van der Waals surface area contributed by atoms with E-state index in [9.17, 15) is 14.9 Å². The van der Waals surface area contributed by atoms with Gasteiger partial charge < -0.3 is 9.47 Å². The molecule has 0 aliphatic carbocycles. The van der Waals surface area contributed by atoms with Crippen molar-refractivity contribution in [3.63, 3.8) is 0 Å². The summed E-state index contributed by atoms with van der Waals surface area (Å²) in [6, 6.07) is 12.5. The second kappa shape index (κ2) is 10.6. The Hall–Kier alpha value is -4.21. The zero-order valence-electron chi connectivity index (χ0n) is 19.7. The van der Waals surface area contributed by atoms with Gasteiger partial charge in [-0.25, -0.2) is 5.43 Å². The first-order valence-corrected chi connectivity index (χ1v) is 10.6. The molecule has 1 N–H and O–H groups in total. The van der Waals surface area contributed by atoms with Crippen molar-refractivity contribution in [3.8, 4) is 11.5 Å². The number of methoxy groups -OCH3 is 1. The predicted octanol–water partition coefficient (Wildman–Crippen LogP) is 4.02. The normalized spacial score (nSPS) is 11.9. The van der Waals surface area contributed by atoms with Crippen LogP contribution in [0.15, 0.2) is 47.6 Å². The number of hydrazone groups is 1. The molecule has 3 rings (SSSR count). The molecule has 0 aliphatic rings. The molecular weight excluding hydrogens is 438 g/mol. The number of hydrogen-bond acceptors (Lipinski definition) is 7. The van der Waals surface area contributed by atoms with Gasteiger partial charge in [0.15, 0.2) is 11.5 Å². The molecule has 34 heavy (non-hydrogen) atoms. The molecule has 10 nitrogen and oxygen atoms in total. The molecule has 10 heteroatoms. The van der Waals surface area contributed by atoms with E-state index in [2.05, 4.69) is 15.6 Å². The third-order valence-corrected chi connectivity index (χ3v) is 5.44. The SMILES string of the molecule is COc1cc(C=NNC(=O)C(C)n2nc(C)c([N+](=O)[O-])c2C)ccc1OCc1ccccc1C. The Kier molecular flexibility index (Phi) is 7.62. The quantitative estimate of drug-likeness (QED) is 0.289. The standard InChI is InChI=1S/C24H27N5O5/c1-15-8-6-7-9-20(15)14-34-21-11-10-19(12-22(21)33-5)13-25-26-24(30)18(4)28-17(3)23(29(31)32)16(2)27-28/h6-13,18H,14H2,1-5H3,(H,26,30). The number of rotatable bonds is 9. The van der Waals surface area contributed by atoms with Crippen molar-refractivity contribution in [1.29, 1.82) is 0 Å². The molecule has 3 aromatic rings. The number of nitro groups is 1. The maximum absolute atomic E-state index is 12.5. The summed E-state index contributed by atoms with van der Waals surface area (Å²) in [4.78, 5) is 23.2. The van der Waals surface area contributed by atoms with E-state index in [1.807, 2.05) is 31.2 Å². The second-order valence-electron chi connectivity index (χ2n) is 7.76. The first-order valence-electron chi connectivity index (χ1n) is 10.6. The number of hydrogen-bond donors (Lipinski definition) is 1. The van der Waals surface area contributed by atoms with Crippen LogP contribution < -0.4 is 14.9 Å². The molecule has 0 aliphatic heterocycles. The van der Waals surface area contributed by atoms with Gasteiger partial charge in [-0.1, -0.05) is 24.3 Å². The zero-order chi connectivity index (χ0) is 24.8. The highest BCUT2D eigenvalue weighted by Crippen LogP contribution is 2.29. The third-order valence-electron chi connectivity index (χ3n) is 5.44. The fourth-order valence-electron chi connectivity index (χ4n) is 3.48. The van der Waals surface area contributed by atoms with Gasteiger partial charge in [-0.15, -0.1) is 0 Å². The molecule has 1 atom stereocenters. The number of benzene rings is 2. The topological polar surface area (TPSA) is 121 Å². The summed E-state index contributed by atoms with van der Waals surface area (Å²) in [7, 11) is 1.55. The minimum atomic E-state index is -0.781. The van der Waals surface area contributed by atoms with Gasteiger partial charge in [0.25, 0.3) is 5.91 Å². The van der Waals surface area contributed by atoms with E-state index < -0.39 is 16.9 Å². The number of carbonyl (C=O) groups is 1. The lowest BCUT2D eigenvalue weighted by Gasteiger charge is -2.13. The molecule has 0 spiro atoms. The predicted molar refractivity (Wildman–Crippen MR) is 127 cm³/mol. The lowest BCUT2D eigenvalue weighted by molar-refractivity contribution is -0.386. The van der Waals surface area contributed by atoms with Crippen molar-refractivity contribution in [3.05, 3.63) is 80.7 Å². The highest BCUT2D eigenvalue weighted by atomic mass is 16.6. The average Bonchev–Trinajstić information content (AvgIpc) is 3.12. The molecule has 0 fully saturated rings. The summed E-state index contributed by atoms with van der Waals surface area (Å²) in [5.41, 5.74) is 5.82. The molecule has 0 saturated heterocycles. The van der Waals surface area contributed by atoms with Crippen LogP contribution in [0.25, 0.3) is 0 Å². The molecule has 1 heterocycles. The summed E-state index contributed by atoms with van der Waals surface area (Å²) in [6.45, 7) is 7.12. The number of ether oxygens (including phenoxy) is 2. The van der Waals surface area contributed by atoms with Crippen LogP contribution in [-0.4, -0.2) is 33.9 Å². The van der Waals surface area contributed by atoms with Crippen LogP contribution in [0.2, 0.25) is 0 Å². The number of carbonyl (C=O) groups excluding carboxylic acids is 1. The third kappa shape index (κ3) is 5.40. The van der Waals surface area contributed by atoms with Gasteiger partial charge in [0.1, 0.15) is 24.0 Å². The van der Waals surface area contributed by atoms with Crippen LogP contribution in [0.1, 0.15) is 41.0 Å². The van der Waals surface area contributed by atoms with Gasteiger partial charge in [-0.3, -0.25) is 19.6 Å². The van der Waals surface area contributed by atoms with Gasteiger partial charge >= 0.3 is 5.69 Å². The van der Waals surface area contributed by atoms with Crippen molar-refractivity contribution in [2.24, 2.45) is 5.10 Å². The molecule has 2 aromatic carbocycles. The molecule has 1 amide bonds. The van der Waals surface area contributed by atoms with Gasteiger partial charge in [-0.05, 0) is 62.6 Å². The molecular formula is C24H27N5O5. The number of nitrogens with one attached hydrogen (secondary N) is 1. The summed E-state index contributed by atoms with van der Waals surface area (Å²) >= 11 is 0. The minimum Gasteiger partial charge on any atom is -0.493 e. The van der Waals surface area contributed by atoms with Crippen LogP contribution in [-0.2, 0) is 11.4 Å². The highest BCUT2D eigenvalue weighted by Gasteiger charge is 2.26. The van der Waals surface area contributed by atoms with Crippen molar-refractivity contribution in [1.82, 2.24) is 15.2 Å². The van der Waals surface area contributed by atoms with Crippen molar-refractivity contribution in [2.45, 2.75) is 40.3 Å². The second-order valence-corrected chi connectivity index (χ2v) is 7.76. The van der Waals surface area contributed by atoms with Crippen molar-refractivity contribution < 1.29 is 19.2 Å². The summed E-state index contributed by atoms with van der Waals surface area (Å²) in [5, 5.41) is 19.3. The molecule has 178 valence electrons. The van der Waals surface area contributed by atoms with Crippen LogP contribution in [0.4, 0.5) is 5.69 Å². The number of aryl methyl sites for hydroxylation is 2. The van der Waals surface area contributed by atoms with Gasteiger partial charge in [0.2, 0.25) is 0 Å². The highest BCUT2D eigenvalue weighted by molar-refractivity contribution is 5.84. The van der Waals surface area contributed by atoms with E-state index in [4.69, 9.17) is 9.47 Å². The fourth-order valence-corrected chi connectivity index (χ4v) is 3.48. The molecule has 0 radical (unpaired) electrons. The number of nitrogens with zero attached hydrogens (tertiary/aromatic N) is 4. The number of amides is 1. The summed E-state index contributed by atoms with van der Waals surface area (Å²) in [6.07, 6.45) is 1.47. The van der Waals surface area contributed by atoms with E-state index in [0.29, 0.717) is 29.4 Å². The van der Waals surface area contributed by atoms with E-state index in [1.165, 1.54) is 17.8 Å². The van der Waals surface area contributed by atoms with E-state index in [-0.39, 0.29) is 11.4 Å². The average molecular weight is 466 g/mol. The van der Waals surface area contributed by atoms with Crippen molar-refractivity contribution >= 4 is 17.8 Å². The lowest BCUT2D eigenvalue weighted by Crippen LogP contribution is -2.28. The fraction of sp³-hybridized carbons (Fsp3) is 0.292. The maximum Gasteiger partial charge on any atom is 0.312 e. The first-order chi connectivity index (χ1) is 16.2. The Balaban J connectivity index is 1.65. The minimum absolute atomic E-state index is 0.0972. The summed E-state index contributed by atoms with van der Waals surface area (Å²) < 4.78 is 12.7. The Bertz CT molecular complexity index is 1230. The van der Waals surface area contributed by atoms with Crippen LogP contribution >= 0.6 is 0 Å². The molecule has 1 aromatic heterocycles. The first kappa shape index (κ1) is 24.4. The van der Waals surface area contributed by atoms with Crippen LogP contribution in [0.3, 0.4) is 0 Å². The molecule has 1 unspecified atom stereocenters. The largest absolute Gasteiger partial charge is 0.493 e. The maximum atomic E-state index is 12.5. The Morgan fingerprint density at radius 3 is 2.62 bits per heavy atom. The van der Waals surface area contributed by atoms with E-state index in [0.717, 1.165) is 11.1 Å². The summed E-state index contributed by atoms with van der Waals surface area (Å²) in [5.74, 6) is 0.667. The zero-order valence-corrected chi connectivity index (χ0v) is 19.7. The Labute approximate surface area is 197 Å². The molecule has 0 saturated carbocycles. The van der Waals surface area contributed by atoms with Crippen molar-refractivity contribution in [2.75, 3.05) is 7.11 Å². The van der Waals surface area contributed by atoms with Crippen LogP contribution in [0, 0.1) is 30.9 Å². The van der Waals surface area contributed by atoms with Crippen LogP contribution in [0.5, 0.6) is 11.5 Å². The Morgan fingerprint density at radius 2 is 1.97 bits per heavy atom. The molecule has 0 bridgehead atoms. The lowest BCUT2D eigenvalue weighted by atomic mass is 10.1. The number of aromatic nitrogens is 2. The monoisotopic (exact) mass is 465 g/mol. The Morgan fingerprint density at radius 1 is 1.24 bits per heavy atom. The van der Waals surface area contributed by atoms with Gasteiger partial charge in [-0.2, -0.15) is 10.2 Å². The van der Waals surface area contributed by atoms with E-state index >= 15 is 0 Å². The van der Waals surface area contributed by atoms with Gasteiger partial charge in [0.05, 0.1) is 18.2 Å². The van der Waals surface area contributed by atoms with E-state index in [1.54, 1.807) is 39.2 Å². The smallest absolute Gasteiger partial charge is 0.312 e. The van der Waals surface area contributed by atoms with Gasteiger partial charge in [0, 0.05) is 0 Å².